The van der Waals surface area contributed by atoms with Gasteiger partial charge in [0, 0.05) is 0 Å². The molecule has 0 radical (unpaired) electrons. The molecule has 0 unspecified atom stereocenters. The lowest BCUT2D eigenvalue weighted by Crippen LogP contribution is -2.39. The second-order valence-corrected chi connectivity index (χ2v) is 12.4. The Labute approximate surface area is 114 Å². The monoisotopic (exact) mass is 264 g/mol. The maximum absolute atomic E-state index is 6.04. The molecule has 0 atom stereocenters. The highest BCUT2D eigenvalue weighted by molar-refractivity contribution is 6.89. The minimum Gasteiger partial charge on any atom is -0.491 e. The normalized spacial score (nSPS) is 12.9. The van der Waals surface area contributed by atoms with Gasteiger partial charge in [-0.3, -0.25) is 0 Å². The molecule has 0 aromatic heterocycles. The smallest absolute Gasteiger partial charge is 0.119 e. The summed E-state index contributed by atoms with van der Waals surface area (Å²) in [5, 5.41) is 1.42. The van der Waals surface area contributed by atoms with Crippen molar-refractivity contribution in [2.24, 2.45) is 0 Å². The first-order valence-electron chi connectivity index (χ1n) is 6.83. The Morgan fingerprint density at radius 3 is 2.00 bits per heavy atom. The van der Waals surface area contributed by atoms with Crippen LogP contribution in [-0.4, -0.2) is 14.2 Å². The molecule has 1 nitrogen and oxygen atoms in total. The van der Waals surface area contributed by atoms with Crippen LogP contribution < -0.4 is 9.92 Å². The van der Waals surface area contributed by atoms with Gasteiger partial charge in [-0.05, 0) is 36.1 Å². The summed E-state index contributed by atoms with van der Waals surface area (Å²) < 4.78 is 6.04. The molecule has 18 heavy (non-hydrogen) atoms. The molecule has 1 aromatic rings. The van der Waals surface area contributed by atoms with Crippen LogP contribution in [0.1, 0.15) is 40.2 Å². The van der Waals surface area contributed by atoms with Crippen molar-refractivity contribution in [3.63, 3.8) is 0 Å². The predicted molar refractivity (Wildman–Crippen MR) is 83.9 cm³/mol. The first kappa shape index (κ1) is 15.3. The molecule has 0 aliphatic carbocycles. The highest BCUT2D eigenvalue weighted by atomic mass is 28.3. The third-order valence-corrected chi connectivity index (χ3v) is 5.05. The lowest BCUT2D eigenvalue weighted by molar-refractivity contribution is 0.244. The van der Waals surface area contributed by atoms with Crippen molar-refractivity contribution in [2.45, 2.75) is 65.8 Å². The first-order chi connectivity index (χ1) is 8.01. The SMILES string of the molecule is CC(C)Oc1cc(C(C)(C)C)ccc1[Si](C)(C)C. The summed E-state index contributed by atoms with van der Waals surface area (Å²) in [5.41, 5.74) is 1.52. The fourth-order valence-corrected chi connectivity index (χ4v) is 3.41. The van der Waals surface area contributed by atoms with Crippen LogP contribution in [0, 0.1) is 0 Å². The van der Waals surface area contributed by atoms with Crippen LogP contribution in [0.2, 0.25) is 19.6 Å². The Balaban J connectivity index is 3.30. The fraction of sp³-hybridized carbons (Fsp3) is 0.625. The van der Waals surface area contributed by atoms with Gasteiger partial charge in [0.1, 0.15) is 5.75 Å². The maximum atomic E-state index is 6.04. The quantitative estimate of drug-likeness (QED) is 0.739. The largest absolute Gasteiger partial charge is 0.491 e. The molecule has 0 N–H and O–H groups in total. The molecular weight excluding hydrogens is 236 g/mol. The van der Waals surface area contributed by atoms with E-state index in [0.29, 0.717) is 0 Å². The number of ether oxygens (including phenoxy) is 1. The third kappa shape index (κ3) is 3.87. The van der Waals surface area contributed by atoms with E-state index in [9.17, 15) is 0 Å². The molecule has 1 rings (SSSR count). The average molecular weight is 264 g/mol. The second kappa shape index (κ2) is 5.08. The zero-order valence-corrected chi connectivity index (χ0v) is 14.2. The van der Waals surface area contributed by atoms with Crippen LogP contribution in [-0.2, 0) is 5.41 Å². The van der Waals surface area contributed by atoms with Gasteiger partial charge in [0.2, 0.25) is 0 Å². The van der Waals surface area contributed by atoms with E-state index in [1.165, 1.54) is 10.8 Å². The summed E-state index contributed by atoms with van der Waals surface area (Å²) in [7, 11) is -1.35. The van der Waals surface area contributed by atoms with Crippen molar-refractivity contribution in [3.8, 4) is 5.75 Å². The Morgan fingerprint density at radius 1 is 1.06 bits per heavy atom. The topological polar surface area (TPSA) is 9.23 Å². The Hall–Kier alpha value is -0.763. The zero-order valence-electron chi connectivity index (χ0n) is 13.2. The van der Waals surface area contributed by atoms with Gasteiger partial charge in [-0.1, -0.05) is 52.5 Å². The van der Waals surface area contributed by atoms with Crippen molar-refractivity contribution in [1.82, 2.24) is 0 Å². The molecule has 2 heteroatoms. The molecule has 0 aliphatic rings. The van der Waals surface area contributed by atoms with E-state index in [1.54, 1.807) is 0 Å². The van der Waals surface area contributed by atoms with E-state index in [1.807, 2.05) is 0 Å². The molecular formula is C16H28OSi. The lowest BCUT2D eigenvalue weighted by atomic mass is 9.87. The van der Waals surface area contributed by atoms with Crippen molar-refractivity contribution in [2.75, 3.05) is 0 Å². The summed E-state index contributed by atoms with van der Waals surface area (Å²) >= 11 is 0. The van der Waals surface area contributed by atoms with Gasteiger partial charge in [-0.25, -0.2) is 0 Å². The minimum absolute atomic E-state index is 0.174. The fourth-order valence-electron chi connectivity index (χ4n) is 1.96. The van der Waals surface area contributed by atoms with Crippen molar-refractivity contribution in [3.05, 3.63) is 23.8 Å². The summed E-state index contributed by atoms with van der Waals surface area (Å²) in [6, 6.07) is 6.79. The highest BCUT2D eigenvalue weighted by Crippen LogP contribution is 2.26. The van der Waals surface area contributed by atoms with Crippen molar-refractivity contribution < 1.29 is 4.74 Å². The van der Waals surface area contributed by atoms with Crippen LogP contribution in [0.4, 0.5) is 0 Å². The van der Waals surface area contributed by atoms with Crippen LogP contribution in [0.15, 0.2) is 18.2 Å². The standard InChI is InChI=1S/C16H28OSi/c1-12(2)17-14-11-13(16(3,4)5)9-10-15(14)18(6,7)8/h9-12H,1-8H3. The first-order valence-corrected chi connectivity index (χ1v) is 10.3. The molecule has 0 fully saturated rings. The minimum atomic E-state index is -1.35. The van der Waals surface area contributed by atoms with Crippen LogP contribution >= 0.6 is 0 Å². The number of hydrogen-bond acceptors (Lipinski definition) is 1. The van der Waals surface area contributed by atoms with Gasteiger partial charge in [-0.2, -0.15) is 0 Å². The van der Waals surface area contributed by atoms with E-state index in [4.69, 9.17) is 4.74 Å². The molecule has 0 bridgehead atoms. The summed E-state index contributed by atoms with van der Waals surface area (Å²) in [6.07, 6.45) is 0.232. The molecule has 0 saturated heterocycles. The Morgan fingerprint density at radius 2 is 1.61 bits per heavy atom. The molecule has 0 aliphatic heterocycles. The third-order valence-electron chi connectivity index (χ3n) is 3.02. The van der Waals surface area contributed by atoms with E-state index in [0.717, 1.165) is 5.75 Å². The van der Waals surface area contributed by atoms with E-state index in [2.05, 4.69) is 72.5 Å². The number of hydrogen-bond donors (Lipinski definition) is 0. The van der Waals surface area contributed by atoms with Crippen molar-refractivity contribution >= 4 is 13.3 Å². The second-order valence-electron chi connectivity index (χ2n) is 7.38. The van der Waals surface area contributed by atoms with Crippen LogP contribution in [0.25, 0.3) is 0 Å². The van der Waals surface area contributed by atoms with E-state index in [-0.39, 0.29) is 11.5 Å². The van der Waals surface area contributed by atoms with Crippen molar-refractivity contribution in [1.29, 1.82) is 0 Å². The molecule has 0 amide bonds. The van der Waals surface area contributed by atoms with Gasteiger partial charge >= 0.3 is 0 Å². The van der Waals surface area contributed by atoms with Gasteiger partial charge in [0.15, 0.2) is 0 Å². The zero-order chi connectivity index (χ0) is 14.1. The van der Waals surface area contributed by atoms with Crippen LogP contribution in [0.5, 0.6) is 5.75 Å². The molecule has 0 saturated carbocycles. The van der Waals surface area contributed by atoms with E-state index >= 15 is 0 Å². The van der Waals surface area contributed by atoms with Crippen LogP contribution in [0.3, 0.4) is 0 Å². The maximum Gasteiger partial charge on any atom is 0.119 e. The lowest BCUT2D eigenvalue weighted by Gasteiger charge is -2.26. The van der Waals surface area contributed by atoms with E-state index < -0.39 is 8.07 Å². The van der Waals surface area contributed by atoms with Gasteiger partial charge < -0.3 is 4.74 Å². The Bertz CT molecular complexity index is 408. The molecule has 0 heterocycles. The number of rotatable bonds is 3. The Kier molecular flexibility index (Phi) is 4.32. The predicted octanol–water partition coefficient (Wildman–Crippen LogP) is 4.32. The molecule has 1 aromatic carbocycles. The van der Waals surface area contributed by atoms with Gasteiger partial charge in [0.25, 0.3) is 0 Å². The average Bonchev–Trinajstić information content (AvgIpc) is 2.13. The van der Waals surface area contributed by atoms with Gasteiger partial charge in [0.05, 0.1) is 14.2 Å². The summed E-state index contributed by atoms with van der Waals surface area (Å²) in [5.74, 6) is 1.09. The summed E-state index contributed by atoms with van der Waals surface area (Å²) in [4.78, 5) is 0. The molecule has 102 valence electrons. The van der Waals surface area contributed by atoms with Gasteiger partial charge in [-0.15, -0.1) is 0 Å². The molecule has 0 spiro atoms. The summed E-state index contributed by atoms with van der Waals surface area (Å²) in [6.45, 7) is 18.0. The number of benzene rings is 1. The highest BCUT2D eigenvalue weighted by Gasteiger charge is 2.24.